The maximum absolute atomic E-state index is 12.9. The summed E-state index contributed by atoms with van der Waals surface area (Å²) >= 11 is 0. The Balaban J connectivity index is 1.36. The van der Waals surface area contributed by atoms with Crippen molar-refractivity contribution in [2.75, 3.05) is 44.7 Å². The lowest BCUT2D eigenvalue weighted by atomic mass is 9.98. The predicted molar refractivity (Wildman–Crippen MR) is 108 cm³/mol. The Morgan fingerprint density at radius 2 is 2.07 bits per heavy atom. The second-order valence-corrected chi connectivity index (χ2v) is 7.69. The Bertz CT molecular complexity index is 758. The molecule has 0 saturated carbocycles. The van der Waals surface area contributed by atoms with Crippen LogP contribution in [0.5, 0.6) is 0 Å². The number of para-hydroxylation sites is 1. The minimum atomic E-state index is 0.00441. The normalized spacial score (nSPS) is 20.9. The molecule has 0 unspecified atom stereocenters. The Kier molecular flexibility index (Phi) is 6.24. The number of anilines is 1. The molecule has 2 aliphatic heterocycles. The van der Waals surface area contributed by atoms with Crippen molar-refractivity contribution in [3.63, 3.8) is 0 Å². The fourth-order valence-corrected chi connectivity index (χ4v) is 4.07. The fourth-order valence-electron chi connectivity index (χ4n) is 4.07. The summed E-state index contributed by atoms with van der Waals surface area (Å²) in [7, 11) is 0. The molecule has 2 aromatic rings. The van der Waals surface area contributed by atoms with E-state index in [1.165, 1.54) is 0 Å². The van der Waals surface area contributed by atoms with Crippen LogP contribution in [0.2, 0.25) is 0 Å². The molecule has 7 heteroatoms. The van der Waals surface area contributed by atoms with Gasteiger partial charge in [-0.05, 0) is 30.4 Å². The van der Waals surface area contributed by atoms with E-state index in [1.807, 2.05) is 35.6 Å². The number of morpholine rings is 1. The quantitative estimate of drug-likeness (QED) is 0.862. The standard InChI is InChI=1S/C21H29N5O2/c27-21(26-8-3-4-18(15-26)14-25-9-7-22-17-25)23-20-6-2-1-5-19(20)16-24-10-12-28-13-11-24/h1-2,5-7,9,17-18H,3-4,8,10-16H2,(H,23,27)/t18-/m0/s1. The number of hydrogen-bond acceptors (Lipinski definition) is 4. The summed E-state index contributed by atoms with van der Waals surface area (Å²) in [6.07, 6.45) is 7.83. The number of likely N-dealkylation sites (tertiary alicyclic amines) is 1. The van der Waals surface area contributed by atoms with Crippen LogP contribution in [-0.2, 0) is 17.8 Å². The Hall–Kier alpha value is -2.38. The number of urea groups is 1. The average molecular weight is 383 g/mol. The molecule has 4 rings (SSSR count). The molecule has 0 bridgehead atoms. The highest BCUT2D eigenvalue weighted by molar-refractivity contribution is 5.90. The topological polar surface area (TPSA) is 62.6 Å². The molecule has 3 heterocycles. The van der Waals surface area contributed by atoms with Crippen molar-refractivity contribution in [1.29, 1.82) is 0 Å². The number of amides is 2. The highest BCUT2D eigenvalue weighted by atomic mass is 16.5. The van der Waals surface area contributed by atoms with Gasteiger partial charge in [0.15, 0.2) is 0 Å². The molecular formula is C21H29N5O2. The highest BCUT2D eigenvalue weighted by Crippen LogP contribution is 2.22. The molecular weight excluding hydrogens is 354 g/mol. The van der Waals surface area contributed by atoms with E-state index in [0.29, 0.717) is 5.92 Å². The van der Waals surface area contributed by atoms with Crippen LogP contribution >= 0.6 is 0 Å². The van der Waals surface area contributed by atoms with Gasteiger partial charge in [0.2, 0.25) is 0 Å². The first kappa shape index (κ1) is 19.0. The zero-order valence-electron chi connectivity index (χ0n) is 16.3. The van der Waals surface area contributed by atoms with Gasteiger partial charge in [-0.2, -0.15) is 0 Å². The number of imidazole rings is 1. The van der Waals surface area contributed by atoms with Crippen molar-refractivity contribution in [3.05, 3.63) is 48.5 Å². The molecule has 150 valence electrons. The molecule has 2 aliphatic rings. The maximum atomic E-state index is 12.9. The summed E-state index contributed by atoms with van der Waals surface area (Å²) in [6, 6.07) is 8.12. The van der Waals surface area contributed by atoms with Crippen molar-refractivity contribution >= 4 is 11.7 Å². The average Bonchev–Trinajstić information content (AvgIpc) is 3.23. The van der Waals surface area contributed by atoms with Gasteiger partial charge < -0.3 is 19.5 Å². The lowest BCUT2D eigenvalue weighted by molar-refractivity contribution is 0.0342. The summed E-state index contributed by atoms with van der Waals surface area (Å²) < 4.78 is 7.54. The first-order valence-electron chi connectivity index (χ1n) is 10.2. The summed E-state index contributed by atoms with van der Waals surface area (Å²) in [5, 5.41) is 3.16. The zero-order valence-corrected chi connectivity index (χ0v) is 16.3. The minimum absolute atomic E-state index is 0.00441. The van der Waals surface area contributed by atoms with Gasteiger partial charge in [-0.15, -0.1) is 0 Å². The van der Waals surface area contributed by atoms with Crippen molar-refractivity contribution in [2.45, 2.75) is 25.9 Å². The van der Waals surface area contributed by atoms with Crippen LogP contribution < -0.4 is 5.32 Å². The molecule has 2 amide bonds. The van der Waals surface area contributed by atoms with Crippen LogP contribution in [0.15, 0.2) is 43.0 Å². The molecule has 0 radical (unpaired) electrons. The van der Waals surface area contributed by atoms with Crippen LogP contribution in [-0.4, -0.2) is 64.8 Å². The number of carbonyl (C=O) groups excluding carboxylic acids is 1. The molecule has 28 heavy (non-hydrogen) atoms. The minimum Gasteiger partial charge on any atom is -0.379 e. The third-order valence-corrected chi connectivity index (χ3v) is 5.59. The molecule has 0 spiro atoms. The first-order valence-corrected chi connectivity index (χ1v) is 10.2. The molecule has 1 atom stereocenters. The number of aromatic nitrogens is 2. The van der Waals surface area contributed by atoms with E-state index in [2.05, 4.69) is 25.8 Å². The fraction of sp³-hybridized carbons (Fsp3) is 0.524. The number of ether oxygens (including phenoxy) is 1. The second-order valence-electron chi connectivity index (χ2n) is 7.69. The number of nitrogens with zero attached hydrogens (tertiary/aromatic N) is 4. The summed E-state index contributed by atoms with van der Waals surface area (Å²) in [5.41, 5.74) is 2.07. The molecule has 2 saturated heterocycles. The number of rotatable bonds is 5. The molecule has 2 fully saturated rings. The van der Waals surface area contributed by atoms with Gasteiger partial charge >= 0.3 is 6.03 Å². The van der Waals surface area contributed by atoms with E-state index in [0.717, 1.165) is 76.6 Å². The van der Waals surface area contributed by atoms with Gasteiger partial charge in [0.25, 0.3) is 0 Å². The van der Waals surface area contributed by atoms with Crippen LogP contribution in [0.3, 0.4) is 0 Å². The van der Waals surface area contributed by atoms with E-state index in [1.54, 1.807) is 6.20 Å². The lowest BCUT2D eigenvalue weighted by Gasteiger charge is -2.33. The smallest absolute Gasteiger partial charge is 0.321 e. The lowest BCUT2D eigenvalue weighted by Crippen LogP contribution is -2.43. The SMILES string of the molecule is O=C(Nc1ccccc1CN1CCOCC1)N1CCC[C@@H](Cn2ccnc2)C1. The van der Waals surface area contributed by atoms with Gasteiger partial charge in [-0.25, -0.2) is 9.78 Å². The number of piperidine rings is 1. The van der Waals surface area contributed by atoms with Crippen molar-refractivity contribution in [3.8, 4) is 0 Å². The van der Waals surface area contributed by atoms with Crippen LogP contribution in [0, 0.1) is 5.92 Å². The number of nitrogens with one attached hydrogen (secondary N) is 1. The molecule has 1 aromatic heterocycles. The summed E-state index contributed by atoms with van der Waals surface area (Å²) in [5.74, 6) is 0.470. The van der Waals surface area contributed by atoms with Crippen molar-refractivity contribution < 1.29 is 9.53 Å². The van der Waals surface area contributed by atoms with Crippen LogP contribution in [0.4, 0.5) is 10.5 Å². The van der Waals surface area contributed by atoms with E-state index in [-0.39, 0.29) is 6.03 Å². The van der Waals surface area contributed by atoms with Gasteiger partial charge in [0.1, 0.15) is 0 Å². The van der Waals surface area contributed by atoms with Gasteiger partial charge in [0, 0.05) is 57.3 Å². The number of carbonyl (C=O) groups is 1. The highest BCUT2D eigenvalue weighted by Gasteiger charge is 2.24. The predicted octanol–water partition coefficient (Wildman–Crippen LogP) is 2.66. The Morgan fingerprint density at radius 3 is 2.89 bits per heavy atom. The van der Waals surface area contributed by atoms with Gasteiger partial charge in [-0.1, -0.05) is 18.2 Å². The van der Waals surface area contributed by atoms with Crippen molar-refractivity contribution in [2.24, 2.45) is 5.92 Å². The van der Waals surface area contributed by atoms with Gasteiger partial charge in [-0.3, -0.25) is 4.90 Å². The van der Waals surface area contributed by atoms with E-state index < -0.39 is 0 Å². The Labute approximate surface area is 166 Å². The largest absolute Gasteiger partial charge is 0.379 e. The third-order valence-electron chi connectivity index (χ3n) is 5.59. The van der Waals surface area contributed by atoms with E-state index in [9.17, 15) is 4.79 Å². The zero-order chi connectivity index (χ0) is 19.2. The number of benzene rings is 1. The van der Waals surface area contributed by atoms with Crippen LogP contribution in [0.25, 0.3) is 0 Å². The third kappa shape index (κ3) is 4.91. The van der Waals surface area contributed by atoms with Crippen LogP contribution in [0.1, 0.15) is 18.4 Å². The summed E-state index contributed by atoms with van der Waals surface area (Å²) in [6.45, 7) is 6.78. The molecule has 1 aromatic carbocycles. The monoisotopic (exact) mass is 383 g/mol. The first-order chi connectivity index (χ1) is 13.8. The van der Waals surface area contributed by atoms with E-state index >= 15 is 0 Å². The number of hydrogen-bond donors (Lipinski definition) is 1. The van der Waals surface area contributed by atoms with Gasteiger partial charge in [0.05, 0.1) is 19.5 Å². The molecule has 7 nitrogen and oxygen atoms in total. The van der Waals surface area contributed by atoms with E-state index in [4.69, 9.17) is 4.74 Å². The molecule has 1 N–H and O–H groups in total. The summed E-state index contributed by atoms with van der Waals surface area (Å²) in [4.78, 5) is 21.4. The molecule has 0 aliphatic carbocycles. The van der Waals surface area contributed by atoms with Crippen molar-refractivity contribution in [1.82, 2.24) is 19.4 Å². The maximum Gasteiger partial charge on any atom is 0.321 e. The second kappa shape index (κ2) is 9.21. The Morgan fingerprint density at radius 1 is 1.21 bits per heavy atom.